The van der Waals surface area contributed by atoms with E-state index in [1.54, 1.807) is 25.3 Å². The molecule has 1 aliphatic carbocycles. The summed E-state index contributed by atoms with van der Waals surface area (Å²) < 4.78 is 5.16. The van der Waals surface area contributed by atoms with Crippen molar-refractivity contribution in [3.63, 3.8) is 0 Å². The minimum Gasteiger partial charge on any atom is -0.497 e. The van der Waals surface area contributed by atoms with E-state index in [-0.39, 0.29) is 11.9 Å². The molecule has 4 heteroatoms. The van der Waals surface area contributed by atoms with Crippen LogP contribution in [0.4, 0.5) is 5.69 Å². The first-order valence-corrected chi connectivity index (χ1v) is 7.35. The summed E-state index contributed by atoms with van der Waals surface area (Å²) in [6.07, 6.45) is 5.97. The summed E-state index contributed by atoms with van der Waals surface area (Å²) >= 11 is 0. The Morgan fingerprint density at radius 2 is 2.00 bits per heavy atom. The standard InChI is InChI=1S/C16H24N2O2/c1-11-6-4-3-5-7-15(11)18-16(19)12-8-13(17)10-14(9-12)20-2/h8-11,15H,3-7,17H2,1-2H3,(H,18,19). The number of nitrogen functional groups attached to an aromatic ring is 1. The van der Waals surface area contributed by atoms with Crippen molar-refractivity contribution in [1.29, 1.82) is 0 Å². The van der Waals surface area contributed by atoms with Gasteiger partial charge in [-0.25, -0.2) is 0 Å². The molecule has 0 bridgehead atoms. The third kappa shape index (κ3) is 3.65. The number of ether oxygens (including phenoxy) is 1. The highest BCUT2D eigenvalue weighted by Crippen LogP contribution is 2.24. The number of methoxy groups -OCH3 is 1. The van der Waals surface area contributed by atoms with E-state index in [0.717, 1.165) is 6.42 Å². The van der Waals surface area contributed by atoms with Crippen LogP contribution in [0.2, 0.25) is 0 Å². The molecule has 0 heterocycles. The second kappa shape index (κ2) is 6.64. The van der Waals surface area contributed by atoms with Gasteiger partial charge in [0.1, 0.15) is 5.75 Å². The van der Waals surface area contributed by atoms with Gasteiger partial charge in [0.25, 0.3) is 5.91 Å². The zero-order valence-electron chi connectivity index (χ0n) is 12.3. The third-order valence-corrected chi connectivity index (χ3v) is 4.10. The summed E-state index contributed by atoms with van der Waals surface area (Å²) in [6.45, 7) is 2.22. The number of rotatable bonds is 3. The molecule has 110 valence electrons. The number of amides is 1. The number of carbonyl (C=O) groups is 1. The van der Waals surface area contributed by atoms with Crippen LogP contribution >= 0.6 is 0 Å². The van der Waals surface area contributed by atoms with Crippen molar-refractivity contribution >= 4 is 11.6 Å². The van der Waals surface area contributed by atoms with E-state index < -0.39 is 0 Å². The Balaban J connectivity index is 2.09. The fourth-order valence-electron chi connectivity index (χ4n) is 2.83. The van der Waals surface area contributed by atoms with Crippen LogP contribution in [0, 0.1) is 5.92 Å². The average molecular weight is 276 g/mol. The molecular formula is C16H24N2O2. The predicted molar refractivity (Wildman–Crippen MR) is 80.9 cm³/mol. The largest absolute Gasteiger partial charge is 0.497 e. The van der Waals surface area contributed by atoms with Crippen molar-refractivity contribution in [1.82, 2.24) is 5.32 Å². The lowest BCUT2D eigenvalue weighted by Gasteiger charge is -2.23. The second-order valence-corrected chi connectivity index (χ2v) is 5.69. The molecule has 2 rings (SSSR count). The Morgan fingerprint density at radius 1 is 1.25 bits per heavy atom. The van der Waals surface area contributed by atoms with E-state index in [2.05, 4.69) is 12.2 Å². The first kappa shape index (κ1) is 14.7. The average Bonchev–Trinajstić information content (AvgIpc) is 2.63. The third-order valence-electron chi connectivity index (χ3n) is 4.10. The number of nitrogens with one attached hydrogen (secondary N) is 1. The highest BCUT2D eigenvalue weighted by Gasteiger charge is 2.22. The van der Waals surface area contributed by atoms with Gasteiger partial charge >= 0.3 is 0 Å². The van der Waals surface area contributed by atoms with Crippen LogP contribution < -0.4 is 15.8 Å². The maximum Gasteiger partial charge on any atom is 0.251 e. The first-order valence-electron chi connectivity index (χ1n) is 7.35. The lowest BCUT2D eigenvalue weighted by molar-refractivity contribution is 0.0921. The Morgan fingerprint density at radius 3 is 2.75 bits per heavy atom. The lowest BCUT2D eigenvalue weighted by Crippen LogP contribution is -2.38. The van der Waals surface area contributed by atoms with Gasteiger partial charge in [0.15, 0.2) is 0 Å². The molecular weight excluding hydrogens is 252 g/mol. The van der Waals surface area contributed by atoms with Crippen LogP contribution in [0.15, 0.2) is 18.2 Å². The molecule has 1 aromatic carbocycles. The number of carbonyl (C=O) groups excluding carboxylic acids is 1. The topological polar surface area (TPSA) is 64.3 Å². The van der Waals surface area contributed by atoms with Crippen molar-refractivity contribution in [2.24, 2.45) is 5.92 Å². The summed E-state index contributed by atoms with van der Waals surface area (Å²) in [5, 5.41) is 3.15. The van der Waals surface area contributed by atoms with E-state index in [9.17, 15) is 4.79 Å². The molecule has 4 nitrogen and oxygen atoms in total. The molecule has 0 spiro atoms. The Kier molecular flexibility index (Phi) is 4.88. The summed E-state index contributed by atoms with van der Waals surface area (Å²) in [6, 6.07) is 5.40. The van der Waals surface area contributed by atoms with Gasteiger partial charge in [-0.3, -0.25) is 4.79 Å². The maximum absolute atomic E-state index is 12.4. The number of anilines is 1. The highest BCUT2D eigenvalue weighted by molar-refractivity contribution is 5.95. The fraction of sp³-hybridized carbons (Fsp3) is 0.562. The maximum atomic E-state index is 12.4. The van der Waals surface area contributed by atoms with Crippen molar-refractivity contribution < 1.29 is 9.53 Å². The van der Waals surface area contributed by atoms with Gasteiger partial charge in [-0.15, -0.1) is 0 Å². The van der Waals surface area contributed by atoms with E-state index in [4.69, 9.17) is 10.5 Å². The first-order chi connectivity index (χ1) is 9.60. The normalized spacial score (nSPS) is 22.9. The van der Waals surface area contributed by atoms with E-state index in [1.165, 1.54) is 25.7 Å². The van der Waals surface area contributed by atoms with Crippen LogP contribution in [0.3, 0.4) is 0 Å². The minimum absolute atomic E-state index is 0.0608. The van der Waals surface area contributed by atoms with Crippen LogP contribution in [0.5, 0.6) is 5.75 Å². The van der Waals surface area contributed by atoms with E-state index in [0.29, 0.717) is 22.9 Å². The van der Waals surface area contributed by atoms with Crippen LogP contribution in [0.25, 0.3) is 0 Å². The zero-order chi connectivity index (χ0) is 14.5. The molecule has 0 saturated heterocycles. The van der Waals surface area contributed by atoms with Gasteiger partial charge in [-0.1, -0.05) is 26.2 Å². The Bertz CT molecular complexity index is 474. The van der Waals surface area contributed by atoms with Crippen molar-refractivity contribution in [2.75, 3.05) is 12.8 Å². The number of hydrogen-bond acceptors (Lipinski definition) is 3. The van der Waals surface area contributed by atoms with Gasteiger partial charge < -0.3 is 15.8 Å². The minimum atomic E-state index is -0.0608. The molecule has 2 unspecified atom stereocenters. The van der Waals surface area contributed by atoms with Gasteiger partial charge in [-0.05, 0) is 30.9 Å². The van der Waals surface area contributed by atoms with Gasteiger partial charge in [-0.2, -0.15) is 0 Å². The van der Waals surface area contributed by atoms with Crippen molar-refractivity contribution in [3.05, 3.63) is 23.8 Å². The van der Waals surface area contributed by atoms with E-state index in [1.807, 2.05) is 0 Å². The molecule has 0 aliphatic heterocycles. The van der Waals surface area contributed by atoms with Gasteiger partial charge in [0.2, 0.25) is 0 Å². The van der Waals surface area contributed by atoms with Gasteiger partial charge in [0.05, 0.1) is 7.11 Å². The quantitative estimate of drug-likeness (QED) is 0.659. The van der Waals surface area contributed by atoms with Gasteiger partial charge in [0, 0.05) is 23.4 Å². The fourth-order valence-corrected chi connectivity index (χ4v) is 2.83. The molecule has 1 saturated carbocycles. The Labute approximate surface area is 120 Å². The van der Waals surface area contributed by atoms with Crippen LogP contribution in [-0.2, 0) is 0 Å². The highest BCUT2D eigenvalue weighted by atomic mass is 16.5. The Hall–Kier alpha value is -1.71. The van der Waals surface area contributed by atoms with Crippen LogP contribution in [0.1, 0.15) is 49.4 Å². The second-order valence-electron chi connectivity index (χ2n) is 5.69. The lowest BCUT2D eigenvalue weighted by atomic mass is 9.96. The smallest absolute Gasteiger partial charge is 0.251 e. The molecule has 2 atom stereocenters. The summed E-state index contributed by atoms with van der Waals surface area (Å²) in [7, 11) is 1.57. The monoisotopic (exact) mass is 276 g/mol. The van der Waals surface area contributed by atoms with Crippen molar-refractivity contribution in [3.8, 4) is 5.75 Å². The molecule has 1 aromatic rings. The van der Waals surface area contributed by atoms with Crippen LogP contribution in [-0.4, -0.2) is 19.1 Å². The summed E-state index contributed by atoms with van der Waals surface area (Å²) in [4.78, 5) is 12.4. The SMILES string of the molecule is COc1cc(N)cc(C(=O)NC2CCCCCC2C)c1. The zero-order valence-corrected chi connectivity index (χ0v) is 12.3. The number of benzene rings is 1. The van der Waals surface area contributed by atoms with E-state index >= 15 is 0 Å². The van der Waals surface area contributed by atoms with Crippen molar-refractivity contribution in [2.45, 2.75) is 45.1 Å². The number of hydrogen-bond donors (Lipinski definition) is 2. The molecule has 1 amide bonds. The molecule has 0 aromatic heterocycles. The molecule has 20 heavy (non-hydrogen) atoms. The molecule has 1 fully saturated rings. The predicted octanol–water partition coefficient (Wildman–Crippen LogP) is 2.98. The summed E-state index contributed by atoms with van der Waals surface area (Å²) in [5.74, 6) is 1.09. The summed E-state index contributed by atoms with van der Waals surface area (Å²) in [5.41, 5.74) is 6.91. The molecule has 3 N–H and O–H groups in total. The molecule has 1 aliphatic rings. The molecule has 0 radical (unpaired) electrons. The number of nitrogens with two attached hydrogens (primary N) is 1.